The second kappa shape index (κ2) is 8.07. The van der Waals surface area contributed by atoms with E-state index in [2.05, 4.69) is 14.9 Å². The van der Waals surface area contributed by atoms with Crippen LogP contribution in [0.3, 0.4) is 0 Å². The van der Waals surface area contributed by atoms with Gasteiger partial charge in [0.05, 0.1) is 0 Å². The van der Waals surface area contributed by atoms with E-state index in [4.69, 9.17) is 0 Å². The molecule has 4 heterocycles. The van der Waals surface area contributed by atoms with Gasteiger partial charge in [-0.3, -0.25) is 9.20 Å². The highest BCUT2D eigenvalue weighted by atomic mass is 32.2. The van der Waals surface area contributed by atoms with Gasteiger partial charge in [-0.2, -0.15) is 13.2 Å². The average Bonchev–Trinajstić information content (AvgIpc) is 3.33. The maximum atomic E-state index is 13.1. The van der Waals surface area contributed by atoms with E-state index in [-0.39, 0.29) is 10.8 Å². The van der Waals surface area contributed by atoms with Gasteiger partial charge in [-0.05, 0) is 35.5 Å². The zero-order chi connectivity index (χ0) is 21.3. The molecular weight excluding hydrogens is 440 g/mol. The van der Waals surface area contributed by atoms with Gasteiger partial charge in [-0.1, -0.05) is 23.5 Å². The lowest BCUT2D eigenvalue weighted by Crippen LogP contribution is -2.21. The lowest BCUT2D eigenvalue weighted by Gasteiger charge is -2.15. The third-order valence-corrected chi connectivity index (χ3v) is 6.12. The lowest BCUT2D eigenvalue weighted by molar-refractivity contribution is -0.134. The Bertz CT molecular complexity index is 1240. The zero-order valence-electron chi connectivity index (χ0n) is 15.0. The molecule has 0 saturated carbocycles. The number of halogens is 4. The van der Waals surface area contributed by atoms with Crippen LogP contribution in [0.1, 0.15) is 10.4 Å². The SMILES string of the molecule is Fc1cccc(C2=CN3CC=CN=C3S2)c1.O=c1ccnc2sc(C(F)(F)F)cn12. The lowest BCUT2D eigenvalue weighted by atomic mass is 10.2. The number of amidine groups is 1. The Morgan fingerprint density at radius 3 is 2.70 bits per heavy atom. The molecule has 2 aliphatic heterocycles. The maximum Gasteiger partial charge on any atom is 0.427 e. The summed E-state index contributed by atoms with van der Waals surface area (Å²) < 4.78 is 50.7. The number of aromatic nitrogens is 2. The number of benzene rings is 1. The van der Waals surface area contributed by atoms with Gasteiger partial charge in [0.2, 0.25) is 0 Å². The number of nitrogens with zero attached hydrogens (tertiary/aromatic N) is 4. The molecule has 0 N–H and O–H groups in total. The van der Waals surface area contributed by atoms with Crippen molar-refractivity contribution < 1.29 is 17.6 Å². The van der Waals surface area contributed by atoms with Crippen LogP contribution in [0.2, 0.25) is 0 Å². The second-order valence-corrected chi connectivity index (χ2v) is 8.10. The third-order valence-electron chi connectivity index (χ3n) is 3.99. The number of aliphatic imine (C=N–C) groups is 1. The highest BCUT2D eigenvalue weighted by Gasteiger charge is 2.33. The predicted molar refractivity (Wildman–Crippen MR) is 110 cm³/mol. The highest BCUT2D eigenvalue weighted by Crippen LogP contribution is 2.37. The summed E-state index contributed by atoms with van der Waals surface area (Å²) in [5.41, 5.74) is 0.392. The largest absolute Gasteiger partial charge is 0.427 e. The van der Waals surface area contributed by atoms with E-state index in [1.807, 2.05) is 18.3 Å². The van der Waals surface area contributed by atoms with Gasteiger partial charge in [0.25, 0.3) is 5.56 Å². The van der Waals surface area contributed by atoms with Crippen LogP contribution in [0.5, 0.6) is 0 Å². The minimum atomic E-state index is -4.43. The van der Waals surface area contributed by atoms with Crippen LogP contribution in [0.25, 0.3) is 9.87 Å². The van der Waals surface area contributed by atoms with Gasteiger partial charge in [0.1, 0.15) is 10.7 Å². The quantitative estimate of drug-likeness (QED) is 0.497. The minimum absolute atomic E-state index is 0.0461. The molecule has 2 aliphatic rings. The molecular formula is C19H12F4N4OS2. The van der Waals surface area contributed by atoms with Crippen LogP contribution < -0.4 is 5.56 Å². The van der Waals surface area contributed by atoms with Crippen LogP contribution in [0.15, 0.2) is 71.0 Å². The van der Waals surface area contributed by atoms with Crippen LogP contribution in [-0.4, -0.2) is 26.0 Å². The van der Waals surface area contributed by atoms with Crippen molar-refractivity contribution in [1.29, 1.82) is 0 Å². The normalized spacial score (nSPS) is 15.4. The molecule has 0 saturated heterocycles. The first-order valence-electron chi connectivity index (χ1n) is 8.51. The minimum Gasteiger partial charge on any atom is -0.322 e. The van der Waals surface area contributed by atoms with Crippen LogP contribution in [0, 0.1) is 5.82 Å². The van der Waals surface area contributed by atoms with Gasteiger partial charge in [0, 0.05) is 42.3 Å². The van der Waals surface area contributed by atoms with Crippen LogP contribution in [0.4, 0.5) is 17.6 Å². The number of hydrogen-bond donors (Lipinski definition) is 0. The summed E-state index contributed by atoms with van der Waals surface area (Å²) in [4.78, 5) is 21.3. The molecule has 30 heavy (non-hydrogen) atoms. The van der Waals surface area contributed by atoms with E-state index in [0.717, 1.165) is 38.8 Å². The number of fused-ring (bicyclic) bond motifs is 2. The van der Waals surface area contributed by atoms with Crippen LogP contribution in [-0.2, 0) is 6.18 Å². The van der Waals surface area contributed by atoms with E-state index in [1.165, 1.54) is 12.3 Å². The van der Waals surface area contributed by atoms with Crippen LogP contribution >= 0.6 is 23.1 Å². The summed E-state index contributed by atoms with van der Waals surface area (Å²) >= 11 is 2.02. The van der Waals surface area contributed by atoms with E-state index in [1.54, 1.807) is 30.1 Å². The summed E-state index contributed by atoms with van der Waals surface area (Å²) in [5, 5.41) is 0.960. The molecule has 1 aromatic carbocycles. The van der Waals surface area contributed by atoms with Gasteiger partial charge in [-0.15, -0.1) is 0 Å². The van der Waals surface area contributed by atoms with Gasteiger partial charge < -0.3 is 4.90 Å². The van der Waals surface area contributed by atoms with Gasteiger partial charge in [0.15, 0.2) is 10.1 Å². The molecule has 5 rings (SSSR count). The molecule has 0 unspecified atom stereocenters. The van der Waals surface area contributed by atoms with Crippen molar-refractivity contribution in [1.82, 2.24) is 14.3 Å². The number of rotatable bonds is 1. The smallest absolute Gasteiger partial charge is 0.322 e. The van der Waals surface area contributed by atoms with E-state index in [9.17, 15) is 22.4 Å². The topological polar surface area (TPSA) is 50.0 Å². The molecule has 0 bridgehead atoms. The molecule has 5 nitrogen and oxygen atoms in total. The van der Waals surface area contributed by atoms with Gasteiger partial charge in [-0.25, -0.2) is 14.4 Å². The molecule has 154 valence electrons. The fourth-order valence-electron chi connectivity index (χ4n) is 2.63. The Hall–Kier alpha value is -2.92. The summed E-state index contributed by atoms with van der Waals surface area (Å²) in [7, 11) is 0. The van der Waals surface area contributed by atoms with Crippen molar-refractivity contribution >= 4 is 38.1 Å². The zero-order valence-corrected chi connectivity index (χ0v) is 16.6. The number of hydrogen-bond acceptors (Lipinski definition) is 6. The van der Waals surface area contributed by atoms with Crippen molar-refractivity contribution in [2.75, 3.05) is 6.54 Å². The molecule has 0 atom stereocenters. The number of alkyl halides is 3. The molecule has 11 heteroatoms. The van der Waals surface area contributed by atoms with Crippen molar-refractivity contribution in [3.05, 3.63) is 87.8 Å². The monoisotopic (exact) mass is 452 g/mol. The Balaban J connectivity index is 0.000000147. The molecule has 3 aromatic rings. The van der Waals surface area contributed by atoms with E-state index >= 15 is 0 Å². The first kappa shape index (κ1) is 20.4. The molecule has 0 aliphatic carbocycles. The Morgan fingerprint density at radius 2 is 2.00 bits per heavy atom. The number of thioether (sulfide) groups is 1. The summed E-state index contributed by atoms with van der Waals surface area (Å²) in [5.74, 6) is -0.205. The summed E-state index contributed by atoms with van der Waals surface area (Å²) in [6.45, 7) is 0.838. The molecule has 0 amide bonds. The van der Waals surface area contributed by atoms with Crippen molar-refractivity contribution in [3.8, 4) is 0 Å². The van der Waals surface area contributed by atoms with Gasteiger partial charge >= 0.3 is 6.18 Å². The Morgan fingerprint density at radius 1 is 1.17 bits per heavy atom. The molecule has 0 spiro atoms. The Labute approximate surface area is 175 Å². The van der Waals surface area contributed by atoms with E-state index in [0.29, 0.717) is 11.3 Å². The molecule has 0 fully saturated rings. The summed E-state index contributed by atoms with van der Waals surface area (Å²) in [6, 6.07) is 7.75. The average molecular weight is 452 g/mol. The van der Waals surface area contributed by atoms with Crippen molar-refractivity contribution in [2.45, 2.75) is 6.18 Å². The van der Waals surface area contributed by atoms with Crippen molar-refractivity contribution in [2.24, 2.45) is 4.99 Å². The summed E-state index contributed by atoms with van der Waals surface area (Å²) in [6.07, 6.45) is 3.34. The number of thiazole rings is 1. The van der Waals surface area contributed by atoms with E-state index < -0.39 is 16.6 Å². The second-order valence-electron chi connectivity index (χ2n) is 6.08. The molecule has 0 radical (unpaired) electrons. The first-order chi connectivity index (χ1) is 14.3. The first-order valence-corrected chi connectivity index (χ1v) is 10.1. The molecule has 2 aromatic heterocycles. The fraction of sp³-hybridized carbons (Fsp3) is 0.105. The highest BCUT2D eigenvalue weighted by molar-refractivity contribution is 8.22. The Kier molecular flexibility index (Phi) is 5.48. The maximum absolute atomic E-state index is 13.1. The third kappa shape index (κ3) is 4.31. The van der Waals surface area contributed by atoms with Crippen molar-refractivity contribution in [3.63, 3.8) is 0 Å². The predicted octanol–water partition coefficient (Wildman–Crippen LogP) is 4.83. The fourth-order valence-corrected chi connectivity index (χ4v) is 4.44. The standard InChI is InChI=1S/C12H9FN2S.C7H3F3N2OS/c13-10-4-1-3-9(7-10)11-8-15-6-2-5-14-12(15)16-11;8-7(9,10)4-3-12-5(13)1-2-11-6(12)14-4/h1-5,7-8H,6H2;1-3H.